The van der Waals surface area contributed by atoms with E-state index < -0.39 is 10.0 Å². The summed E-state index contributed by atoms with van der Waals surface area (Å²) in [5.41, 5.74) is 0.510. The van der Waals surface area contributed by atoms with E-state index in [1.54, 1.807) is 19.1 Å². The summed E-state index contributed by atoms with van der Waals surface area (Å²) in [6.45, 7) is 2.30. The van der Waals surface area contributed by atoms with Crippen LogP contribution in [0.5, 0.6) is 5.75 Å². The number of carbonyl (C=O) groups excluding carboxylic acids is 1. The lowest BCUT2D eigenvalue weighted by Gasteiger charge is -2.30. The molecule has 1 saturated heterocycles. The number of carbonyl (C=O) groups is 1. The zero-order valence-electron chi connectivity index (χ0n) is 11.9. The Morgan fingerprint density at radius 3 is 2.90 bits per heavy atom. The molecule has 0 bridgehead atoms. The maximum Gasteiger partial charge on any atom is 0.228 e. The number of aromatic hydroxyl groups is 1. The summed E-state index contributed by atoms with van der Waals surface area (Å²) in [5, 5.41) is 12.1. The van der Waals surface area contributed by atoms with Crippen molar-refractivity contribution in [2.75, 3.05) is 24.2 Å². The Balaban J connectivity index is 2.02. The second-order valence-corrected chi connectivity index (χ2v) is 7.39. The molecule has 0 spiro atoms. The molecule has 1 aromatic rings. The fourth-order valence-corrected chi connectivity index (χ4v) is 3.60. The topological polar surface area (TPSA) is 86.7 Å². The number of amides is 1. The Morgan fingerprint density at radius 2 is 2.24 bits per heavy atom. The highest BCUT2D eigenvalue weighted by Gasteiger charge is 2.31. The van der Waals surface area contributed by atoms with E-state index in [0.717, 1.165) is 0 Å². The van der Waals surface area contributed by atoms with Crippen LogP contribution in [0.25, 0.3) is 0 Å². The summed E-state index contributed by atoms with van der Waals surface area (Å²) in [6, 6.07) is 6.30. The predicted octanol–water partition coefficient (Wildman–Crippen LogP) is 1.39. The van der Waals surface area contributed by atoms with Crippen molar-refractivity contribution in [3.05, 3.63) is 24.3 Å². The summed E-state index contributed by atoms with van der Waals surface area (Å²) in [4.78, 5) is 12.2. The van der Waals surface area contributed by atoms with Gasteiger partial charge in [0.1, 0.15) is 5.75 Å². The SMILES string of the molecule is CCS(=O)(=O)N1CCC[C@@H](C(=O)Nc2cccc(O)c2)C1. The molecule has 21 heavy (non-hydrogen) atoms. The van der Waals surface area contributed by atoms with Crippen molar-refractivity contribution in [2.45, 2.75) is 19.8 Å². The lowest BCUT2D eigenvalue weighted by atomic mass is 9.98. The van der Waals surface area contributed by atoms with Gasteiger partial charge in [-0.25, -0.2) is 12.7 Å². The molecule has 1 aromatic carbocycles. The van der Waals surface area contributed by atoms with Gasteiger partial charge in [0.05, 0.1) is 11.7 Å². The number of benzene rings is 1. The van der Waals surface area contributed by atoms with E-state index in [2.05, 4.69) is 5.32 Å². The van der Waals surface area contributed by atoms with Crippen molar-refractivity contribution in [3.63, 3.8) is 0 Å². The van der Waals surface area contributed by atoms with Crippen LogP contribution in [0.1, 0.15) is 19.8 Å². The maximum absolute atomic E-state index is 12.2. The molecule has 1 atom stereocenters. The number of nitrogens with one attached hydrogen (secondary N) is 1. The summed E-state index contributed by atoms with van der Waals surface area (Å²) < 4.78 is 25.2. The molecule has 1 heterocycles. The Bertz CT molecular complexity index is 615. The average molecular weight is 312 g/mol. The van der Waals surface area contributed by atoms with Crippen molar-refractivity contribution in [3.8, 4) is 5.75 Å². The first-order valence-electron chi connectivity index (χ1n) is 7.00. The van der Waals surface area contributed by atoms with Crippen LogP contribution in [0.2, 0.25) is 0 Å². The van der Waals surface area contributed by atoms with E-state index in [0.29, 0.717) is 25.1 Å². The second-order valence-electron chi connectivity index (χ2n) is 5.14. The molecule has 1 amide bonds. The van der Waals surface area contributed by atoms with Gasteiger partial charge < -0.3 is 10.4 Å². The van der Waals surface area contributed by atoms with E-state index >= 15 is 0 Å². The number of hydrogen-bond donors (Lipinski definition) is 2. The highest BCUT2D eigenvalue weighted by molar-refractivity contribution is 7.89. The molecule has 1 aliphatic heterocycles. The summed E-state index contributed by atoms with van der Waals surface area (Å²) in [6.07, 6.45) is 1.34. The van der Waals surface area contributed by atoms with Crippen LogP contribution in [-0.4, -0.2) is 42.6 Å². The number of anilines is 1. The van der Waals surface area contributed by atoms with Crippen LogP contribution in [0.4, 0.5) is 5.69 Å². The van der Waals surface area contributed by atoms with Crippen molar-refractivity contribution in [2.24, 2.45) is 5.92 Å². The summed E-state index contributed by atoms with van der Waals surface area (Å²) in [5.74, 6) is -0.445. The highest BCUT2D eigenvalue weighted by atomic mass is 32.2. The molecule has 2 rings (SSSR count). The third kappa shape index (κ3) is 3.95. The molecule has 0 unspecified atom stereocenters. The van der Waals surface area contributed by atoms with Crippen LogP contribution in [0.15, 0.2) is 24.3 Å². The number of hydrogen-bond acceptors (Lipinski definition) is 4. The van der Waals surface area contributed by atoms with E-state index in [1.165, 1.54) is 16.4 Å². The van der Waals surface area contributed by atoms with Gasteiger partial charge in [0.2, 0.25) is 15.9 Å². The zero-order valence-corrected chi connectivity index (χ0v) is 12.8. The summed E-state index contributed by atoms with van der Waals surface area (Å²) >= 11 is 0. The molecule has 0 saturated carbocycles. The first kappa shape index (κ1) is 15.8. The quantitative estimate of drug-likeness (QED) is 0.879. The Morgan fingerprint density at radius 1 is 1.48 bits per heavy atom. The molecule has 1 aliphatic rings. The smallest absolute Gasteiger partial charge is 0.228 e. The molecule has 0 aromatic heterocycles. The van der Waals surface area contributed by atoms with Crippen molar-refractivity contribution < 1.29 is 18.3 Å². The number of rotatable bonds is 4. The number of piperidine rings is 1. The van der Waals surface area contributed by atoms with Crippen molar-refractivity contribution >= 4 is 21.6 Å². The largest absolute Gasteiger partial charge is 0.508 e. The number of sulfonamides is 1. The van der Waals surface area contributed by atoms with E-state index in [-0.39, 0.29) is 29.9 Å². The highest BCUT2D eigenvalue weighted by Crippen LogP contribution is 2.22. The predicted molar refractivity (Wildman–Crippen MR) is 80.5 cm³/mol. The van der Waals surface area contributed by atoms with Crippen molar-refractivity contribution in [1.82, 2.24) is 4.31 Å². The van der Waals surface area contributed by atoms with Gasteiger partial charge in [-0.1, -0.05) is 6.07 Å². The number of nitrogens with zero attached hydrogens (tertiary/aromatic N) is 1. The van der Waals surface area contributed by atoms with Gasteiger partial charge >= 0.3 is 0 Å². The average Bonchev–Trinajstić information content (AvgIpc) is 2.47. The molecule has 6 nitrogen and oxygen atoms in total. The van der Waals surface area contributed by atoms with Gasteiger partial charge in [0, 0.05) is 24.8 Å². The van der Waals surface area contributed by atoms with Crippen LogP contribution in [0.3, 0.4) is 0 Å². The van der Waals surface area contributed by atoms with Gasteiger partial charge in [0.25, 0.3) is 0 Å². The van der Waals surface area contributed by atoms with Gasteiger partial charge in [-0.2, -0.15) is 0 Å². The monoisotopic (exact) mass is 312 g/mol. The lowest BCUT2D eigenvalue weighted by Crippen LogP contribution is -2.44. The Hall–Kier alpha value is -1.60. The van der Waals surface area contributed by atoms with Gasteiger partial charge in [-0.15, -0.1) is 0 Å². The minimum absolute atomic E-state index is 0.0495. The Kier molecular flexibility index (Phi) is 4.84. The number of phenols is 1. The molecule has 0 aliphatic carbocycles. The van der Waals surface area contributed by atoms with E-state index in [1.807, 2.05) is 0 Å². The molecular formula is C14H20N2O4S. The number of phenolic OH excluding ortho intramolecular Hbond substituents is 1. The third-order valence-corrected chi connectivity index (χ3v) is 5.47. The molecule has 116 valence electrons. The van der Waals surface area contributed by atoms with Gasteiger partial charge in [-0.3, -0.25) is 4.79 Å². The zero-order chi connectivity index (χ0) is 15.5. The van der Waals surface area contributed by atoms with Crippen LogP contribution in [0, 0.1) is 5.92 Å². The summed E-state index contributed by atoms with van der Waals surface area (Å²) in [7, 11) is -3.25. The van der Waals surface area contributed by atoms with Crippen LogP contribution in [-0.2, 0) is 14.8 Å². The molecule has 2 N–H and O–H groups in total. The van der Waals surface area contributed by atoms with E-state index in [9.17, 15) is 18.3 Å². The van der Waals surface area contributed by atoms with Crippen molar-refractivity contribution in [1.29, 1.82) is 0 Å². The fraction of sp³-hybridized carbons (Fsp3) is 0.500. The first-order chi connectivity index (χ1) is 9.92. The minimum Gasteiger partial charge on any atom is -0.508 e. The molecule has 0 radical (unpaired) electrons. The molecule has 7 heteroatoms. The van der Waals surface area contributed by atoms with Gasteiger partial charge in [-0.05, 0) is 31.9 Å². The third-order valence-electron chi connectivity index (χ3n) is 3.63. The minimum atomic E-state index is -3.25. The van der Waals surface area contributed by atoms with Crippen LogP contribution < -0.4 is 5.32 Å². The maximum atomic E-state index is 12.2. The Labute approximate surface area is 124 Å². The fourth-order valence-electron chi connectivity index (χ4n) is 2.42. The second kappa shape index (κ2) is 6.44. The van der Waals surface area contributed by atoms with Crippen LogP contribution >= 0.6 is 0 Å². The lowest BCUT2D eigenvalue weighted by molar-refractivity contribution is -0.120. The van der Waals surface area contributed by atoms with E-state index in [4.69, 9.17) is 0 Å². The molecular weight excluding hydrogens is 292 g/mol. The first-order valence-corrected chi connectivity index (χ1v) is 8.61. The van der Waals surface area contributed by atoms with Gasteiger partial charge in [0.15, 0.2) is 0 Å². The molecule has 1 fully saturated rings. The standard InChI is InChI=1S/C14H20N2O4S/c1-2-21(19,20)16-8-4-5-11(10-16)14(18)15-12-6-3-7-13(17)9-12/h3,6-7,9,11,17H,2,4-5,8,10H2,1H3,(H,15,18)/t11-/m1/s1. The normalized spacial score (nSPS) is 20.1.